The van der Waals surface area contributed by atoms with Crippen molar-refractivity contribution >= 4 is 11.9 Å². The van der Waals surface area contributed by atoms with Gasteiger partial charge in [-0.15, -0.1) is 0 Å². The molecule has 184 valence electrons. The first kappa shape index (κ1) is 25.7. The van der Waals surface area contributed by atoms with Crippen molar-refractivity contribution in [1.82, 2.24) is 5.32 Å². The molecule has 6 nitrogen and oxygen atoms in total. The van der Waals surface area contributed by atoms with Crippen molar-refractivity contribution in [3.8, 4) is 22.6 Å². The molecule has 3 aromatic rings. The van der Waals surface area contributed by atoms with E-state index in [-0.39, 0.29) is 17.0 Å². The summed E-state index contributed by atoms with van der Waals surface area (Å²) in [5.74, 6) is -2.20. The van der Waals surface area contributed by atoms with Gasteiger partial charge >= 0.3 is 5.97 Å². The van der Waals surface area contributed by atoms with Gasteiger partial charge in [0.25, 0.3) is 5.91 Å². The highest BCUT2D eigenvalue weighted by molar-refractivity contribution is 5.98. The summed E-state index contributed by atoms with van der Waals surface area (Å²) in [6, 6.07) is 14.9. The number of carbonyl (C=O) groups is 2. The molecule has 3 aromatic carbocycles. The Morgan fingerprint density at radius 1 is 1.03 bits per heavy atom. The molecule has 0 aromatic heterocycles. The molecule has 0 heterocycles. The number of halogens is 2. The Bertz CT molecular complexity index is 1220. The molecule has 1 atom stereocenters. The average molecular weight is 484 g/mol. The van der Waals surface area contributed by atoms with Gasteiger partial charge in [-0.05, 0) is 67.3 Å². The van der Waals surface area contributed by atoms with Crippen LogP contribution in [-0.2, 0) is 4.79 Å². The third kappa shape index (κ3) is 6.15. The summed E-state index contributed by atoms with van der Waals surface area (Å²) >= 11 is 0. The van der Waals surface area contributed by atoms with Crippen LogP contribution in [0, 0.1) is 11.6 Å². The summed E-state index contributed by atoms with van der Waals surface area (Å²) in [6.07, 6.45) is 0. The minimum absolute atomic E-state index is 0.0656. The number of hydrogen-bond acceptors (Lipinski definition) is 4. The van der Waals surface area contributed by atoms with Crippen molar-refractivity contribution < 1.29 is 33.0 Å². The third-order valence-electron chi connectivity index (χ3n) is 5.59. The highest BCUT2D eigenvalue weighted by Crippen LogP contribution is 2.29. The van der Waals surface area contributed by atoms with E-state index in [1.165, 1.54) is 33.1 Å². The van der Waals surface area contributed by atoms with Crippen LogP contribution in [0.1, 0.15) is 42.6 Å². The van der Waals surface area contributed by atoms with E-state index in [4.69, 9.17) is 9.47 Å². The number of nitrogens with one attached hydrogen (secondary N) is 1. The summed E-state index contributed by atoms with van der Waals surface area (Å²) in [4.78, 5) is 24.2. The van der Waals surface area contributed by atoms with Crippen molar-refractivity contribution in [3.63, 3.8) is 0 Å². The minimum atomic E-state index is -1.36. The predicted octanol–water partition coefficient (Wildman–Crippen LogP) is 5.42. The molecule has 0 aliphatic rings. The van der Waals surface area contributed by atoms with Gasteiger partial charge in [0, 0.05) is 18.2 Å². The van der Waals surface area contributed by atoms with Crippen LogP contribution in [0.25, 0.3) is 11.1 Å². The van der Waals surface area contributed by atoms with E-state index in [0.29, 0.717) is 23.6 Å². The van der Waals surface area contributed by atoms with E-state index in [0.717, 1.165) is 17.7 Å². The van der Waals surface area contributed by atoms with Crippen LogP contribution in [0.5, 0.6) is 11.5 Å². The van der Waals surface area contributed by atoms with E-state index in [9.17, 15) is 23.5 Å². The van der Waals surface area contributed by atoms with Crippen LogP contribution in [-0.4, -0.2) is 36.2 Å². The molecule has 1 unspecified atom stereocenters. The Kier molecular flexibility index (Phi) is 7.74. The number of hydrogen-bond donors (Lipinski definition) is 2. The zero-order valence-corrected chi connectivity index (χ0v) is 19.9. The van der Waals surface area contributed by atoms with Gasteiger partial charge in [-0.3, -0.25) is 4.79 Å². The Hall–Kier alpha value is -3.94. The number of ether oxygens (including phenoxy) is 2. The first-order chi connectivity index (χ1) is 16.5. The van der Waals surface area contributed by atoms with E-state index in [1.807, 2.05) is 19.1 Å². The van der Waals surface area contributed by atoms with Crippen LogP contribution in [0.15, 0.2) is 60.7 Å². The summed E-state index contributed by atoms with van der Waals surface area (Å²) in [5, 5.41) is 12.1. The van der Waals surface area contributed by atoms with Crippen LogP contribution in [0.4, 0.5) is 8.78 Å². The van der Waals surface area contributed by atoms with E-state index in [1.54, 1.807) is 24.3 Å². The Morgan fingerprint density at radius 2 is 1.71 bits per heavy atom. The normalized spacial score (nSPS) is 12.1. The monoisotopic (exact) mass is 483 g/mol. The van der Waals surface area contributed by atoms with Crippen LogP contribution in [0.3, 0.4) is 0 Å². The van der Waals surface area contributed by atoms with Gasteiger partial charge in [0.05, 0.1) is 12.7 Å². The molecule has 0 radical (unpaired) electrons. The molecule has 8 heteroatoms. The maximum atomic E-state index is 14.2. The predicted molar refractivity (Wildman–Crippen MR) is 128 cm³/mol. The number of methoxy groups -OCH3 is 1. The van der Waals surface area contributed by atoms with Gasteiger partial charge in [-0.25, -0.2) is 13.6 Å². The lowest BCUT2D eigenvalue weighted by atomic mass is 9.99. The summed E-state index contributed by atoms with van der Waals surface area (Å²) in [6.45, 7) is 5.17. The lowest BCUT2D eigenvalue weighted by Crippen LogP contribution is -2.37. The molecule has 0 spiro atoms. The van der Waals surface area contributed by atoms with Crippen LogP contribution >= 0.6 is 0 Å². The number of rotatable bonds is 9. The fourth-order valence-electron chi connectivity index (χ4n) is 3.44. The number of carboxylic acids is 1. The maximum absolute atomic E-state index is 14.2. The lowest BCUT2D eigenvalue weighted by molar-refractivity contribution is -0.152. The van der Waals surface area contributed by atoms with Gasteiger partial charge in [-0.2, -0.15) is 0 Å². The number of amides is 1. The van der Waals surface area contributed by atoms with Crippen LogP contribution < -0.4 is 14.8 Å². The fraction of sp³-hybridized carbons (Fsp3) is 0.259. The number of benzene rings is 3. The topological polar surface area (TPSA) is 84.9 Å². The molecular formula is C27H27F2NO5. The van der Waals surface area contributed by atoms with Crippen molar-refractivity contribution in [3.05, 3.63) is 83.4 Å². The van der Waals surface area contributed by atoms with Crippen molar-refractivity contribution in [2.45, 2.75) is 32.3 Å². The fourth-order valence-corrected chi connectivity index (χ4v) is 3.44. The lowest BCUT2D eigenvalue weighted by Gasteiger charge is -2.22. The second kappa shape index (κ2) is 10.5. The molecular weight excluding hydrogens is 456 g/mol. The quantitative estimate of drug-likeness (QED) is 0.425. The van der Waals surface area contributed by atoms with Gasteiger partial charge < -0.3 is 19.9 Å². The maximum Gasteiger partial charge on any atom is 0.347 e. The molecule has 0 saturated heterocycles. The van der Waals surface area contributed by atoms with Gasteiger partial charge in [0.15, 0.2) is 5.60 Å². The Labute approximate surface area is 202 Å². The first-order valence-electron chi connectivity index (χ1n) is 11.0. The molecule has 3 rings (SSSR count). The molecule has 0 aliphatic carbocycles. The molecule has 35 heavy (non-hydrogen) atoms. The average Bonchev–Trinajstić information content (AvgIpc) is 2.82. The van der Waals surface area contributed by atoms with Crippen LogP contribution in [0.2, 0.25) is 0 Å². The first-order valence-corrected chi connectivity index (χ1v) is 11.0. The SMILES string of the molecule is COc1ccc(-c2ccc(F)cc2F)cc1C(=O)NCC(C)c1ccc(OC(C)(C)C(=O)O)cc1. The molecule has 0 bridgehead atoms. The van der Waals surface area contributed by atoms with Crippen molar-refractivity contribution in [2.75, 3.05) is 13.7 Å². The Morgan fingerprint density at radius 3 is 2.31 bits per heavy atom. The highest BCUT2D eigenvalue weighted by Gasteiger charge is 2.29. The minimum Gasteiger partial charge on any atom is -0.496 e. The number of carboxylic acid groups (broad SMARTS) is 1. The molecule has 0 saturated carbocycles. The zero-order chi connectivity index (χ0) is 25.8. The van der Waals surface area contributed by atoms with Gasteiger partial charge in [0.2, 0.25) is 0 Å². The third-order valence-corrected chi connectivity index (χ3v) is 5.59. The smallest absolute Gasteiger partial charge is 0.347 e. The standard InChI is InChI=1S/C27H27F2NO5/c1-16(17-5-9-20(10-6-17)35-27(2,3)26(32)33)15-30-25(31)22-13-18(7-12-24(22)34-4)21-11-8-19(28)14-23(21)29/h5-14,16H,15H2,1-4H3,(H,30,31)(H,32,33). The van der Waals surface area contributed by atoms with Crippen molar-refractivity contribution in [2.24, 2.45) is 0 Å². The summed E-state index contributed by atoms with van der Waals surface area (Å²) in [5.41, 5.74) is 0.373. The highest BCUT2D eigenvalue weighted by atomic mass is 19.1. The molecule has 1 amide bonds. The van der Waals surface area contributed by atoms with Gasteiger partial charge in [-0.1, -0.05) is 25.1 Å². The summed E-state index contributed by atoms with van der Waals surface area (Å²) in [7, 11) is 1.43. The largest absolute Gasteiger partial charge is 0.496 e. The molecule has 2 N–H and O–H groups in total. The number of carbonyl (C=O) groups excluding carboxylic acids is 1. The second-order valence-electron chi connectivity index (χ2n) is 8.64. The summed E-state index contributed by atoms with van der Waals surface area (Å²) < 4.78 is 38.3. The second-order valence-corrected chi connectivity index (χ2v) is 8.64. The van der Waals surface area contributed by atoms with E-state index < -0.39 is 29.1 Å². The molecule has 0 aliphatic heterocycles. The zero-order valence-electron chi connectivity index (χ0n) is 19.9. The van der Waals surface area contributed by atoms with E-state index in [2.05, 4.69) is 5.32 Å². The number of aliphatic carboxylic acids is 1. The Balaban J connectivity index is 1.71. The van der Waals surface area contributed by atoms with Gasteiger partial charge in [0.1, 0.15) is 23.1 Å². The van der Waals surface area contributed by atoms with Crippen molar-refractivity contribution in [1.29, 1.82) is 0 Å². The van der Waals surface area contributed by atoms with E-state index >= 15 is 0 Å². The molecule has 0 fully saturated rings.